The van der Waals surface area contributed by atoms with Gasteiger partial charge in [0.05, 0.1) is 17.7 Å². The minimum Gasteiger partial charge on any atom is -0.399 e. The van der Waals surface area contributed by atoms with E-state index in [1.54, 1.807) is 49.5 Å². The van der Waals surface area contributed by atoms with Crippen molar-refractivity contribution in [3.63, 3.8) is 0 Å². The summed E-state index contributed by atoms with van der Waals surface area (Å²) in [7, 11) is 1.55. The molecule has 2 aromatic rings. The molecule has 0 heterocycles. The third-order valence-electron chi connectivity index (χ3n) is 2.99. The second-order valence-corrected chi connectivity index (χ2v) is 4.59. The number of benzene rings is 2. The Morgan fingerprint density at radius 3 is 2.57 bits per heavy atom. The number of anilines is 2. The number of carbonyl (C=O) groups is 2. The highest BCUT2D eigenvalue weighted by Crippen LogP contribution is 2.15. The van der Waals surface area contributed by atoms with Crippen LogP contribution in [0.25, 0.3) is 0 Å². The van der Waals surface area contributed by atoms with Crippen LogP contribution in [-0.4, -0.2) is 18.9 Å². The highest BCUT2D eigenvalue weighted by atomic mass is 16.2. The molecule has 0 bridgehead atoms. The molecule has 0 spiro atoms. The zero-order valence-corrected chi connectivity index (χ0v) is 11.7. The van der Waals surface area contributed by atoms with Gasteiger partial charge < -0.3 is 16.4 Å². The molecule has 0 aromatic heterocycles. The molecule has 4 N–H and O–H groups in total. The summed E-state index contributed by atoms with van der Waals surface area (Å²) in [6.07, 6.45) is 0.202. The van der Waals surface area contributed by atoms with Crippen molar-refractivity contribution in [1.82, 2.24) is 5.32 Å². The van der Waals surface area contributed by atoms with Crippen LogP contribution < -0.4 is 16.4 Å². The number of carbonyl (C=O) groups excluding carboxylic acids is 2. The van der Waals surface area contributed by atoms with E-state index in [9.17, 15) is 9.59 Å². The standard InChI is InChI=1S/C16H17N3O2/c1-18-16(21)13-7-2-3-8-14(13)19-15(20)10-11-5-4-6-12(17)9-11/h2-9H,10,17H2,1H3,(H,18,21)(H,19,20). The van der Waals surface area contributed by atoms with Crippen molar-refractivity contribution >= 4 is 23.2 Å². The zero-order valence-electron chi connectivity index (χ0n) is 11.7. The number of nitrogens with two attached hydrogens (primary N) is 1. The lowest BCUT2D eigenvalue weighted by molar-refractivity contribution is -0.115. The van der Waals surface area contributed by atoms with Gasteiger partial charge in [-0.3, -0.25) is 9.59 Å². The molecule has 5 heteroatoms. The normalized spacial score (nSPS) is 9.95. The molecule has 108 valence electrons. The van der Waals surface area contributed by atoms with Crippen molar-refractivity contribution in [3.8, 4) is 0 Å². The van der Waals surface area contributed by atoms with Gasteiger partial charge in [0.2, 0.25) is 5.91 Å². The van der Waals surface area contributed by atoms with Gasteiger partial charge in [-0.2, -0.15) is 0 Å². The zero-order chi connectivity index (χ0) is 15.2. The maximum atomic E-state index is 12.1. The molecule has 0 unspecified atom stereocenters. The van der Waals surface area contributed by atoms with Crippen molar-refractivity contribution in [2.75, 3.05) is 18.1 Å². The fourth-order valence-electron chi connectivity index (χ4n) is 2.01. The van der Waals surface area contributed by atoms with Gasteiger partial charge in [-0.15, -0.1) is 0 Å². The Hall–Kier alpha value is -2.82. The van der Waals surface area contributed by atoms with E-state index < -0.39 is 0 Å². The topological polar surface area (TPSA) is 84.2 Å². The summed E-state index contributed by atoms with van der Waals surface area (Å²) in [4.78, 5) is 23.8. The predicted molar refractivity (Wildman–Crippen MR) is 83.0 cm³/mol. The average molecular weight is 283 g/mol. The molecule has 0 aliphatic heterocycles. The Balaban J connectivity index is 2.11. The van der Waals surface area contributed by atoms with E-state index in [1.807, 2.05) is 6.07 Å². The van der Waals surface area contributed by atoms with Crippen LogP contribution in [0.3, 0.4) is 0 Å². The smallest absolute Gasteiger partial charge is 0.253 e. The number of para-hydroxylation sites is 1. The molecule has 2 rings (SSSR count). The van der Waals surface area contributed by atoms with Crippen molar-refractivity contribution < 1.29 is 9.59 Å². The molecule has 0 fully saturated rings. The first kappa shape index (κ1) is 14.6. The van der Waals surface area contributed by atoms with Gasteiger partial charge in [0.25, 0.3) is 5.91 Å². The van der Waals surface area contributed by atoms with Crippen LogP contribution in [0.2, 0.25) is 0 Å². The van der Waals surface area contributed by atoms with Crippen LogP contribution in [-0.2, 0) is 11.2 Å². The lowest BCUT2D eigenvalue weighted by Crippen LogP contribution is -2.22. The monoisotopic (exact) mass is 283 g/mol. The summed E-state index contributed by atoms with van der Waals surface area (Å²) in [6, 6.07) is 14.0. The molecule has 0 radical (unpaired) electrons. The lowest BCUT2D eigenvalue weighted by atomic mass is 10.1. The number of rotatable bonds is 4. The summed E-state index contributed by atoms with van der Waals surface area (Å²) < 4.78 is 0. The van der Waals surface area contributed by atoms with E-state index in [-0.39, 0.29) is 18.2 Å². The number of nitrogens with one attached hydrogen (secondary N) is 2. The molecular weight excluding hydrogens is 266 g/mol. The molecule has 0 atom stereocenters. The van der Waals surface area contributed by atoms with Crippen LogP contribution in [0.1, 0.15) is 15.9 Å². The highest BCUT2D eigenvalue weighted by molar-refractivity contribution is 6.03. The molecule has 2 amide bonds. The number of amides is 2. The second kappa shape index (κ2) is 6.56. The molecular formula is C16H17N3O2. The first-order valence-electron chi connectivity index (χ1n) is 6.55. The van der Waals surface area contributed by atoms with E-state index in [4.69, 9.17) is 5.73 Å². The Labute approximate surface area is 123 Å². The van der Waals surface area contributed by atoms with E-state index >= 15 is 0 Å². The van der Waals surface area contributed by atoms with Gasteiger partial charge in [-0.1, -0.05) is 24.3 Å². The van der Waals surface area contributed by atoms with Crippen LogP contribution in [0.5, 0.6) is 0 Å². The number of hydrogen-bond acceptors (Lipinski definition) is 3. The summed E-state index contributed by atoms with van der Waals surface area (Å²) in [6.45, 7) is 0. The Morgan fingerprint density at radius 2 is 1.86 bits per heavy atom. The van der Waals surface area contributed by atoms with E-state index in [0.717, 1.165) is 5.56 Å². The maximum Gasteiger partial charge on any atom is 0.253 e. The summed E-state index contributed by atoms with van der Waals surface area (Å²) in [5, 5.41) is 5.30. The molecule has 0 aliphatic rings. The van der Waals surface area contributed by atoms with Crippen molar-refractivity contribution in [1.29, 1.82) is 0 Å². The summed E-state index contributed by atoms with van der Waals surface area (Å²) in [5.41, 5.74) is 8.05. The first-order valence-corrected chi connectivity index (χ1v) is 6.55. The van der Waals surface area contributed by atoms with Crippen LogP contribution in [0.4, 0.5) is 11.4 Å². The van der Waals surface area contributed by atoms with E-state index in [0.29, 0.717) is 16.9 Å². The Morgan fingerprint density at radius 1 is 1.10 bits per heavy atom. The number of hydrogen-bond donors (Lipinski definition) is 3. The van der Waals surface area contributed by atoms with Crippen LogP contribution >= 0.6 is 0 Å². The predicted octanol–water partition coefficient (Wildman–Crippen LogP) is 1.81. The third kappa shape index (κ3) is 3.82. The van der Waals surface area contributed by atoms with E-state index in [1.165, 1.54) is 0 Å². The third-order valence-corrected chi connectivity index (χ3v) is 2.99. The lowest BCUT2D eigenvalue weighted by Gasteiger charge is -2.10. The molecule has 0 saturated carbocycles. The fraction of sp³-hybridized carbons (Fsp3) is 0.125. The van der Waals surface area contributed by atoms with E-state index in [2.05, 4.69) is 10.6 Å². The molecule has 0 saturated heterocycles. The summed E-state index contributed by atoms with van der Waals surface area (Å²) >= 11 is 0. The van der Waals surface area contributed by atoms with Gasteiger partial charge in [-0.25, -0.2) is 0 Å². The van der Waals surface area contributed by atoms with Gasteiger partial charge in [0.1, 0.15) is 0 Å². The van der Waals surface area contributed by atoms with Crippen molar-refractivity contribution in [3.05, 3.63) is 59.7 Å². The second-order valence-electron chi connectivity index (χ2n) is 4.59. The van der Waals surface area contributed by atoms with Gasteiger partial charge >= 0.3 is 0 Å². The highest BCUT2D eigenvalue weighted by Gasteiger charge is 2.12. The van der Waals surface area contributed by atoms with Crippen molar-refractivity contribution in [2.24, 2.45) is 0 Å². The molecule has 5 nitrogen and oxygen atoms in total. The first-order chi connectivity index (χ1) is 10.1. The quantitative estimate of drug-likeness (QED) is 0.748. The minimum atomic E-state index is -0.241. The van der Waals surface area contributed by atoms with Crippen molar-refractivity contribution in [2.45, 2.75) is 6.42 Å². The number of nitrogen functional groups attached to an aromatic ring is 1. The maximum absolute atomic E-state index is 12.1. The SMILES string of the molecule is CNC(=O)c1ccccc1NC(=O)Cc1cccc(N)c1. The van der Waals surface area contributed by atoms with Gasteiger partial charge in [0, 0.05) is 12.7 Å². The molecule has 0 aliphatic carbocycles. The molecule has 21 heavy (non-hydrogen) atoms. The van der Waals surface area contributed by atoms with Gasteiger partial charge in [0.15, 0.2) is 0 Å². The molecule has 2 aromatic carbocycles. The Bertz CT molecular complexity index is 668. The van der Waals surface area contributed by atoms with Crippen LogP contribution in [0, 0.1) is 0 Å². The van der Waals surface area contributed by atoms with Gasteiger partial charge in [-0.05, 0) is 29.8 Å². The average Bonchev–Trinajstić information content (AvgIpc) is 2.47. The minimum absolute atomic E-state index is 0.197. The summed E-state index contributed by atoms with van der Waals surface area (Å²) in [5.74, 6) is -0.438. The van der Waals surface area contributed by atoms with Crippen LogP contribution in [0.15, 0.2) is 48.5 Å². The largest absolute Gasteiger partial charge is 0.399 e. The fourth-order valence-corrected chi connectivity index (χ4v) is 2.01. The Kier molecular flexibility index (Phi) is 4.56.